The predicted molar refractivity (Wildman–Crippen MR) is 53.5 cm³/mol. The molecule has 0 spiro atoms. The average molecular weight is 209 g/mol. The van der Waals surface area contributed by atoms with Crippen LogP contribution >= 0.6 is 0 Å². The molecule has 0 saturated carbocycles. The van der Waals surface area contributed by atoms with Crippen molar-refractivity contribution in [3.63, 3.8) is 0 Å². The molecule has 0 aliphatic rings. The summed E-state index contributed by atoms with van der Waals surface area (Å²) >= 11 is 0. The van der Waals surface area contributed by atoms with Crippen LogP contribution < -0.4 is 5.32 Å². The van der Waals surface area contributed by atoms with E-state index in [1.54, 1.807) is 6.92 Å². The third-order valence-corrected chi connectivity index (χ3v) is 3.40. The molecule has 2 N–H and O–H groups in total. The highest BCUT2D eigenvalue weighted by Gasteiger charge is 2.08. The van der Waals surface area contributed by atoms with E-state index in [2.05, 4.69) is 5.32 Å². The maximum atomic E-state index is 11.2. The van der Waals surface area contributed by atoms with Crippen LogP contribution in [0.15, 0.2) is 0 Å². The van der Waals surface area contributed by atoms with E-state index in [0.29, 0.717) is 19.5 Å². The first-order chi connectivity index (χ1) is 5.98. The van der Waals surface area contributed by atoms with Crippen LogP contribution in [0.1, 0.15) is 20.3 Å². The quantitative estimate of drug-likeness (QED) is 0.569. The molecular weight excluding hydrogens is 190 g/mol. The summed E-state index contributed by atoms with van der Waals surface area (Å²) in [6.45, 7) is 4.38. The monoisotopic (exact) mass is 209 g/mol. The summed E-state index contributed by atoms with van der Waals surface area (Å²) in [5.41, 5.74) is 0. The fraction of sp³-hybridized carbons (Fsp3) is 1.00. The number of nitrogens with one attached hydrogen (secondary N) is 1. The van der Waals surface area contributed by atoms with Crippen molar-refractivity contribution in [2.45, 2.75) is 26.4 Å². The molecule has 0 aromatic carbocycles. The minimum absolute atomic E-state index is 0.160. The van der Waals surface area contributed by atoms with Gasteiger partial charge in [-0.1, -0.05) is 6.92 Å². The van der Waals surface area contributed by atoms with Gasteiger partial charge in [0.25, 0.3) is 0 Å². The number of hydrogen-bond acceptors (Lipinski definition) is 4. The molecule has 1 unspecified atom stereocenters. The van der Waals surface area contributed by atoms with E-state index in [0.717, 1.165) is 0 Å². The van der Waals surface area contributed by atoms with Gasteiger partial charge in [0, 0.05) is 18.8 Å². The zero-order chi connectivity index (χ0) is 10.3. The zero-order valence-electron chi connectivity index (χ0n) is 8.28. The molecule has 0 aliphatic heterocycles. The minimum Gasteiger partial charge on any atom is -0.392 e. The van der Waals surface area contributed by atoms with Crippen molar-refractivity contribution in [2.24, 2.45) is 0 Å². The Balaban J connectivity index is 3.53. The van der Waals surface area contributed by atoms with Gasteiger partial charge in [0.05, 0.1) is 11.9 Å². The molecule has 4 nitrogen and oxygen atoms in total. The molecule has 80 valence electrons. The van der Waals surface area contributed by atoms with Crippen LogP contribution in [0.5, 0.6) is 0 Å². The summed E-state index contributed by atoms with van der Waals surface area (Å²) in [6, 6.07) is 0. The van der Waals surface area contributed by atoms with Gasteiger partial charge in [-0.25, -0.2) is 8.42 Å². The van der Waals surface area contributed by atoms with Gasteiger partial charge in [-0.15, -0.1) is 0 Å². The number of hydrogen-bond donors (Lipinski definition) is 2. The SMILES string of the molecule is CCCS(=O)(=O)CCNCC(C)O. The summed E-state index contributed by atoms with van der Waals surface area (Å²) in [4.78, 5) is 0. The first-order valence-electron chi connectivity index (χ1n) is 4.57. The van der Waals surface area contributed by atoms with Crippen molar-refractivity contribution >= 4 is 9.84 Å². The lowest BCUT2D eigenvalue weighted by Gasteiger charge is -2.06. The normalized spacial score (nSPS) is 14.4. The highest BCUT2D eigenvalue weighted by molar-refractivity contribution is 7.91. The van der Waals surface area contributed by atoms with E-state index in [-0.39, 0.29) is 11.5 Å². The van der Waals surface area contributed by atoms with E-state index in [4.69, 9.17) is 5.11 Å². The molecule has 5 heteroatoms. The van der Waals surface area contributed by atoms with Crippen molar-refractivity contribution in [1.82, 2.24) is 5.32 Å². The molecule has 13 heavy (non-hydrogen) atoms. The van der Waals surface area contributed by atoms with Gasteiger partial charge >= 0.3 is 0 Å². The predicted octanol–water partition coefficient (Wildman–Crippen LogP) is -0.218. The molecule has 0 saturated heterocycles. The summed E-state index contributed by atoms with van der Waals surface area (Å²) < 4.78 is 22.3. The van der Waals surface area contributed by atoms with Gasteiger partial charge in [0.1, 0.15) is 0 Å². The Bertz CT molecular complexity index is 211. The lowest BCUT2D eigenvalue weighted by Crippen LogP contribution is -2.29. The van der Waals surface area contributed by atoms with E-state index in [1.807, 2.05) is 6.92 Å². The van der Waals surface area contributed by atoms with Crippen molar-refractivity contribution in [1.29, 1.82) is 0 Å². The van der Waals surface area contributed by atoms with Crippen LogP contribution in [0.2, 0.25) is 0 Å². The van der Waals surface area contributed by atoms with Crippen molar-refractivity contribution < 1.29 is 13.5 Å². The highest BCUT2D eigenvalue weighted by atomic mass is 32.2. The molecule has 0 aromatic rings. The standard InChI is InChI=1S/C8H19NO3S/c1-3-5-13(11,12)6-4-9-7-8(2)10/h8-10H,3-7H2,1-2H3. The third-order valence-electron chi connectivity index (χ3n) is 1.54. The first-order valence-corrected chi connectivity index (χ1v) is 6.39. The molecule has 0 amide bonds. The van der Waals surface area contributed by atoms with Crippen LogP contribution in [0.25, 0.3) is 0 Å². The molecule has 0 heterocycles. The summed E-state index contributed by atoms with van der Waals surface area (Å²) in [5.74, 6) is 0.414. The van der Waals surface area contributed by atoms with Crippen LogP contribution in [0.4, 0.5) is 0 Å². The first kappa shape index (κ1) is 12.9. The number of sulfone groups is 1. The van der Waals surface area contributed by atoms with Crippen LogP contribution in [-0.2, 0) is 9.84 Å². The molecule has 0 aromatic heterocycles. The van der Waals surface area contributed by atoms with Gasteiger partial charge in [-0.2, -0.15) is 0 Å². The smallest absolute Gasteiger partial charge is 0.151 e. The second-order valence-electron chi connectivity index (χ2n) is 3.20. The second kappa shape index (κ2) is 6.34. The van der Waals surface area contributed by atoms with Gasteiger partial charge in [-0.05, 0) is 13.3 Å². The summed E-state index contributed by atoms with van der Waals surface area (Å²) in [5, 5.41) is 11.7. The van der Waals surface area contributed by atoms with Crippen LogP contribution in [-0.4, -0.2) is 44.2 Å². The Kier molecular flexibility index (Phi) is 6.28. The molecule has 0 aliphatic carbocycles. The maximum Gasteiger partial charge on any atom is 0.151 e. The molecule has 0 radical (unpaired) electrons. The molecule has 0 bridgehead atoms. The average Bonchev–Trinajstić information content (AvgIpc) is 1.98. The van der Waals surface area contributed by atoms with E-state index >= 15 is 0 Å². The Hall–Kier alpha value is -0.130. The Morgan fingerprint density at radius 3 is 2.46 bits per heavy atom. The van der Waals surface area contributed by atoms with E-state index < -0.39 is 15.9 Å². The van der Waals surface area contributed by atoms with Crippen molar-refractivity contribution in [2.75, 3.05) is 24.6 Å². The molecule has 0 rings (SSSR count). The molecular formula is C8H19NO3S. The summed E-state index contributed by atoms with van der Waals surface area (Å²) in [6.07, 6.45) is 0.243. The Labute approximate surface area is 80.3 Å². The largest absolute Gasteiger partial charge is 0.392 e. The van der Waals surface area contributed by atoms with Crippen LogP contribution in [0, 0.1) is 0 Å². The van der Waals surface area contributed by atoms with Gasteiger partial charge < -0.3 is 10.4 Å². The maximum absolute atomic E-state index is 11.2. The van der Waals surface area contributed by atoms with Crippen LogP contribution in [0.3, 0.4) is 0 Å². The van der Waals surface area contributed by atoms with Gasteiger partial charge in [-0.3, -0.25) is 0 Å². The molecule has 0 fully saturated rings. The highest BCUT2D eigenvalue weighted by Crippen LogP contribution is 1.91. The number of aliphatic hydroxyl groups excluding tert-OH is 1. The van der Waals surface area contributed by atoms with Gasteiger partial charge in [0.15, 0.2) is 9.84 Å². The molecule has 1 atom stereocenters. The lowest BCUT2D eigenvalue weighted by atomic mass is 10.4. The van der Waals surface area contributed by atoms with Crippen molar-refractivity contribution in [3.8, 4) is 0 Å². The summed E-state index contributed by atoms with van der Waals surface area (Å²) in [7, 11) is -2.87. The van der Waals surface area contributed by atoms with E-state index in [1.165, 1.54) is 0 Å². The second-order valence-corrected chi connectivity index (χ2v) is 5.51. The Morgan fingerprint density at radius 2 is 2.00 bits per heavy atom. The Morgan fingerprint density at radius 1 is 1.38 bits per heavy atom. The third kappa shape index (κ3) is 8.21. The van der Waals surface area contributed by atoms with E-state index in [9.17, 15) is 8.42 Å². The fourth-order valence-corrected chi connectivity index (χ4v) is 2.23. The van der Waals surface area contributed by atoms with Gasteiger partial charge in [0.2, 0.25) is 0 Å². The topological polar surface area (TPSA) is 66.4 Å². The van der Waals surface area contributed by atoms with Crippen molar-refractivity contribution in [3.05, 3.63) is 0 Å². The zero-order valence-corrected chi connectivity index (χ0v) is 9.10. The minimum atomic E-state index is -2.87. The number of rotatable bonds is 7. The number of aliphatic hydroxyl groups is 1. The lowest BCUT2D eigenvalue weighted by molar-refractivity contribution is 0.192. The fourth-order valence-electron chi connectivity index (χ4n) is 0.952.